The zero-order valence-corrected chi connectivity index (χ0v) is 23.0. The van der Waals surface area contributed by atoms with Gasteiger partial charge in [-0.15, -0.1) is 0 Å². The molecule has 1 N–H and O–H groups in total. The maximum atomic E-state index is 14.3. The average Bonchev–Trinajstić information content (AvgIpc) is 2.91. The summed E-state index contributed by atoms with van der Waals surface area (Å²) in [5.41, 5.74) is 2.49. The monoisotopic (exact) mass is 590 g/mol. The van der Waals surface area contributed by atoms with E-state index in [0.29, 0.717) is 36.3 Å². The molecule has 5 rings (SSSR count). The number of sulfonamides is 1. The smallest absolute Gasteiger partial charge is 0.387 e. The molecule has 2 atom stereocenters. The first-order chi connectivity index (χ1) is 19.5. The number of carbonyl (C=O) groups is 1. The van der Waals surface area contributed by atoms with Gasteiger partial charge in [0.1, 0.15) is 11.6 Å². The number of aryl methyl sites for hydroxylation is 1. The zero-order chi connectivity index (χ0) is 29.3. The van der Waals surface area contributed by atoms with Gasteiger partial charge in [-0.3, -0.25) is 9.10 Å². The van der Waals surface area contributed by atoms with Crippen LogP contribution in [0.5, 0.6) is 5.75 Å². The van der Waals surface area contributed by atoms with E-state index in [1.165, 1.54) is 22.5 Å². The Morgan fingerprint density at radius 3 is 2.61 bits per heavy atom. The fraction of sp³-hybridized carbons (Fsp3) is 0.345. The summed E-state index contributed by atoms with van der Waals surface area (Å²) in [7, 11) is -4.04. The van der Waals surface area contributed by atoms with Gasteiger partial charge in [0, 0.05) is 12.6 Å². The largest absolute Gasteiger partial charge is 0.481 e. The van der Waals surface area contributed by atoms with E-state index in [9.17, 15) is 26.4 Å². The summed E-state index contributed by atoms with van der Waals surface area (Å²) in [4.78, 5) is 13.1. The van der Waals surface area contributed by atoms with E-state index in [4.69, 9.17) is 9.84 Å². The van der Waals surface area contributed by atoms with E-state index in [1.54, 1.807) is 43.3 Å². The van der Waals surface area contributed by atoms with E-state index < -0.39 is 28.4 Å². The number of alkyl halides is 2. The molecule has 3 aromatic rings. The minimum absolute atomic E-state index is 0.0723. The van der Waals surface area contributed by atoms with Crippen LogP contribution in [0.15, 0.2) is 65.6 Å². The number of hydrogen-bond donors (Lipinski definition) is 1. The van der Waals surface area contributed by atoms with Gasteiger partial charge in [0.15, 0.2) is 0 Å². The number of anilines is 2. The lowest BCUT2D eigenvalue weighted by Crippen LogP contribution is -2.55. The van der Waals surface area contributed by atoms with Gasteiger partial charge in [-0.05, 0) is 72.9 Å². The van der Waals surface area contributed by atoms with Crippen LogP contribution in [0.4, 0.5) is 24.5 Å². The number of rotatable bonds is 9. The Balaban J connectivity index is 1.55. The molecule has 2 aliphatic heterocycles. The van der Waals surface area contributed by atoms with Crippen molar-refractivity contribution in [2.45, 2.75) is 49.8 Å². The van der Waals surface area contributed by atoms with E-state index in [-0.39, 0.29) is 47.9 Å². The topological polar surface area (TPSA) is 96.4 Å². The van der Waals surface area contributed by atoms with E-state index in [1.807, 2.05) is 0 Å². The van der Waals surface area contributed by atoms with Gasteiger partial charge >= 0.3 is 12.6 Å². The molecule has 3 aromatic carbocycles. The van der Waals surface area contributed by atoms with Gasteiger partial charge in [-0.1, -0.05) is 18.2 Å². The molecular weight excluding hydrogens is 561 g/mol. The zero-order valence-electron chi connectivity index (χ0n) is 22.2. The second-order valence-corrected chi connectivity index (χ2v) is 12.0. The highest BCUT2D eigenvalue weighted by atomic mass is 32.2. The molecule has 0 spiro atoms. The summed E-state index contributed by atoms with van der Waals surface area (Å²) < 4.78 is 79.6. The van der Waals surface area contributed by atoms with Crippen molar-refractivity contribution < 1.29 is 41.0 Å². The molecule has 0 unspecified atom stereocenters. The lowest BCUT2D eigenvalue weighted by Gasteiger charge is -2.48. The fourth-order valence-corrected chi connectivity index (χ4v) is 7.05. The quantitative estimate of drug-likeness (QED) is 0.355. The van der Waals surface area contributed by atoms with E-state index in [2.05, 4.69) is 9.64 Å². The number of carboxylic acid groups (broad SMARTS) is 1. The molecule has 1 fully saturated rings. The van der Waals surface area contributed by atoms with Crippen LogP contribution >= 0.6 is 0 Å². The van der Waals surface area contributed by atoms with Gasteiger partial charge in [0.05, 0.1) is 48.0 Å². The number of piperidine rings is 1. The molecule has 12 heteroatoms. The van der Waals surface area contributed by atoms with Crippen LogP contribution in [-0.4, -0.2) is 57.9 Å². The fourth-order valence-electron chi connectivity index (χ4n) is 5.44. The van der Waals surface area contributed by atoms with Crippen molar-refractivity contribution in [2.75, 3.05) is 28.9 Å². The van der Waals surface area contributed by atoms with Crippen LogP contribution in [0.3, 0.4) is 0 Å². The predicted octanol–water partition coefficient (Wildman–Crippen LogP) is 5.44. The lowest BCUT2D eigenvalue weighted by atomic mass is 9.94. The van der Waals surface area contributed by atoms with E-state index in [0.717, 1.165) is 11.6 Å². The van der Waals surface area contributed by atoms with Crippen LogP contribution in [0.25, 0.3) is 11.1 Å². The molecule has 0 aliphatic carbocycles. The molecule has 8 nitrogen and oxygen atoms in total. The maximum absolute atomic E-state index is 14.3. The molecule has 0 radical (unpaired) electrons. The number of hydrogen-bond acceptors (Lipinski definition) is 6. The minimum Gasteiger partial charge on any atom is -0.481 e. The Hall–Kier alpha value is -3.77. The Kier molecular flexibility index (Phi) is 8.14. The van der Waals surface area contributed by atoms with Crippen LogP contribution in [0.2, 0.25) is 0 Å². The molecule has 1 saturated heterocycles. The number of nitrogens with zero attached hydrogens (tertiary/aromatic N) is 2. The third kappa shape index (κ3) is 6.28. The molecule has 41 heavy (non-hydrogen) atoms. The molecule has 218 valence electrons. The third-order valence-electron chi connectivity index (χ3n) is 7.27. The van der Waals surface area contributed by atoms with Gasteiger partial charge in [0.25, 0.3) is 10.0 Å². The van der Waals surface area contributed by atoms with Gasteiger partial charge in [-0.25, -0.2) is 12.8 Å². The van der Waals surface area contributed by atoms with Gasteiger partial charge in [-0.2, -0.15) is 8.78 Å². The number of ether oxygens (including phenoxy) is 2. The van der Waals surface area contributed by atoms with Gasteiger partial charge < -0.3 is 19.5 Å². The molecule has 0 amide bonds. The summed E-state index contributed by atoms with van der Waals surface area (Å²) in [6.45, 7) is -0.598. The van der Waals surface area contributed by atoms with Crippen molar-refractivity contribution in [3.63, 3.8) is 0 Å². The molecule has 0 saturated carbocycles. The van der Waals surface area contributed by atoms with Crippen LogP contribution < -0.4 is 13.9 Å². The summed E-state index contributed by atoms with van der Waals surface area (Å²) in [5, 5.41) is 8.94. The van der Waals surface area contributed by atoms with Crippen molar-refractivity contribution in [2.24, 2.45) is 0 Å². The van der Waals surface area contributed by atoms with Gasteiger partial charge in [0.2, 0.25) is 0 Å². The van der Waals surface area contributed by atoms with Crippen LogP contribution in [0, 0.1) is 12.7 Å². The SMILES string of the molecule is Cc1cccc(S(=O)(=O)N2C[C@@H]3C[C@H](OCCC(=O)O)CCN3c3ccc(-c4cc(F)cc(OC(F)F)c4)cc32)c1. The minimum atomic E-state index is -4.04. The highest BCUT2D eigenvalue weighted by molar-refractivity contribution is 7.92. The predicted molar refractivity (Wildman–Crippen MR) is 147 cm³/mol. The van der Waals surface area contributed by atoms with Crippen molar-refractivity contribution in [3.05, 3.63) is 72.0 Å². The Bertz CT molecular complexity index is 1550. The second-order valence-electron chi connectivity index (χ2n) is 10.1. The summed E-state index contributed by atoms with van der Waals surface area (Å²) >= 11 is 0. The Labute approximate surface area is 236 Å². The third-order valence-corrected chi connectivity index (χ3v) is 9.05. The standard InChI is InChI=1S/C29H29F3N2O6S/c1-18-3-2-4-25(11-18)41(37,38)34-17-22-16-23(39-10-8-28(35)36)7-9-33(22)26-6-5-19(14-27(26)34)20-12-21(30)15-24(13-20)40-29(31)32/h2-6,11-15,22-23,29H,7-10,16-17H2,1H3,(H,35,36)/t22-,23+/m0/s1. The molecule has 0 aromatic heterocycles. The van der Waals surface area contributed by atoms with Crippen molar-refractivity contribution >= 4 is 27.4 Å². The summed E-state index contributed by atoms with van der Waals surface area (Å²) in [6, 6.07) is 14.7. The summed E-state index contributed by atoms with van der Waals surface area (Å²) in [6.07, 6.45) is 0.786. The van der Waals surface area contributed by atoms with Crippen LogP contribution in [-0.2, 0) is 19.6 Å². The first-order valence-corrected chi connectivity index (χ1v) is 14.5. The number of carboxylic acids is 1. The molecule has 2 heterocycles. The molecular formula is C29H29F3N2O6S. The number of halogens is 3. The first-order valence-electron chi connectivity index (χ1n) is 13.1. The molecule has 2 aliphatic rings. The number of fused-ring (bicyclic) bond motifs is 3. The number of benzene rings is 3. The van der Waals surface area contributed by atoms with Crippen LogP contribution in [0.1, 0.15) is 24.8 Å². The first kappa shape index (κ1) is 28.7. The Morgan fingerprint density at radius 2 is 1.88 bits per heavy atom. The highest BCUT2D eigenvalue weighted by Crippen LogP contribution is 2.44. The summed E-state index contributed by atoms with van der Waals surface area (Å²) in [5.74, 6) is -2.07. The van der Waals surface area contributed by atoms with E-state index >= 15 is 0 Å². The molecule has 0 bridgehead atoms. The average molecular weight is 591 g/mol. The van der Waals surface area contributed by atoms with Crippen molar-refractivity contribution in [1.82, 2.24) is 0 Å². The van der Waals surface area contributed by atoms with Crippen molar-refractivity contribution in [1.29, 1.82) is 0 Å². The maximum Gasteiger partial charge on any atom is 0.387 e. The normalized spacial score (nSPS) is 18.7. The number of aliphatic carboxylic acids is 1. The lowest BCUT2D eigenvalue weighted by molar-refractivity contribution is -0.138. The Morgan fingerprint density at radius 1 is 1.07 bits per heavy atom. The second kappa shape index (κ2) is 11.6. The van der Waals surface area contributed by atoms with Crippen molar-refractivity contribution in [3.8, 4) is 16.9 Å². The highest BCUT2D eigenvalue weighted by Gasteiger charge is 2.40.